The monoisotopic (exact) mass is 351 g/mol. The Hall–Kier alpha value is -1.71. The first-order valence-electron chi connectivity index (χ1n) is 7.51. The maximum absolute atomic E-state index is 12.6. The maximum atomic E-state index is 12.6. The van der Waals surface area contributed by atoms with E-state index in [1.165, 1.54) is 0 Å². The Bertz CT molecular complexity index is 701. The number of unbranched alkanes of at least 4 members (excludes halogenated alkanes) is 1. The molecule has 0 heterocycles. The van der Waals surface area contributed by atoms with E-state index < -0.39 is 0 Å². The van der Waals surface area contributed by atoms with Crippen molar-refractivity contribution in [3.05, 3.63) is 57.6 Å². The first-order valence-corrected chi connectivity index (χ1v) is 8.27. The number of carbonyl (C=O) groups excluding carboxylic acids is 1. The summed E-state index contributed by atoms with van der Waals surface area (Å²) in [5.74, 6) is 0.254. The predicted molar refractivity (Wildman–Crippen MR) is 96.0 cm³/mol. The summed E-state index contributed by atoms with van der Waals surface area (Å²) in [6.45, 7) is 4.50. The number of rotatable bonds is 6. The number of ether oxygens (including phenoxy) is 1. The lowest BCUT2D eigenvalue weighted by atomic mass is 10.1. The summed E-state index contributed by atoms with van der Waals surface area (Å²) in [6.07, 6.45) is 1.95. The van der Waals surface area contributed by atoms with Gasteiger partial charge in [0.1, 0.15) is 5.75 Å². The van der Waals surface area contributed by atoms with E-state index in [9.17, 15) is 4.79 Å². The second-order valence-electron chi connectivity index (χ2n) is 5.21. The van der Waals surface area contributed by atoms with Gasteiger partial charge in [0.15, 0.2) is 0 Å². The Morgan fingerprint density at radius 2 is 2.00 bits per heavy atom. The quantitative estimate of drug-likeness (QED) is 0.674. The summed E-state index contributed by atoms with van der Waals surface area (Å²) < 4.78 is 5.70. The normalized spacial score (nSPS) is 10.4. The molecule has 1 N–H and O–H groups in total. The van der Waals surface area contributed by atoms with Crippen LogP contribution in [0.2, 0.25) is 10.0 Å². The standard InChI is InChI=1S/C18H19Cl2NO2/c1-3-4-10-23-17-9-8-13(19)11-14(17)18(22)21-16-7-5-6-15(20)12(16)2/h5-9,11H,3-4,10H2,1-2H3,(H,21,22). The van der Waals surface area contributed by atoms with Crippen molar-refractivity contribution in [1.82, 2.24) is 0 Å². The summed E-state index contributed by atoms with van der Waals surface area (Å²) in [7, 11) is 0. The van der Waals surface area contributed by atoms with Crippen LogP contribution in [-0.2, 0) is 0 Å². The number of nitrogens with one attached hydrogen (secondary N) is 1. The van der Waals surface area contributed by atoms with Crippen LogP contribution in [0, 0.1) is 6.92 Å². The van der Waals surface area contributed by atoms with E-state index in [1.807, 2.05) is 6.92 Å². The van der Waals surface area contributed by atoms with Crippen LogP contribution in [0.5, 0.6) is 5.75 Å². The third-order valence-electron chi connectivity index (χ3n) is 3.46. The van der Waals surface area contributed by atoms with E-state index in [0.717, 1.165) is 18.4 Å². The van der Waals surface area contributed by atoms with Crippen LogP contribution in [0.3, 0.4) is 0 Å². The van der Waals surface area contributed by atoms with Gasteiger partial charge in [0.2, 0.25) is 0 Å². The zero-order chi connectivity index (χ0) is 16.8. The number of hydrogen-bond donors (Lipinski definition) is 1. The third kappa shape index (κ3) is 4.63. The molecule has 0 aliphatic heterocycles. The molecule has 0 fully saturated rings. The highest BCUT2D eigenvalue weighted by Crippen LogP contribution is 2.27. The third-order valence-corrected chi connectivity index (χ3v) is 4.10. The number of hydrogen-bond acceptors (Lipinski definition) is 2. The average molecular weight is 352 g/mol. The molecule has 0 aliphatic carbocycles. The minimum atomic E-state index is -0.274. The Kier molecular flexibility index (Phi) is 6.31. The van der Waals surface area contributed by atoms with Gasteiger partial charge in [-0.05, 0) is 49.2 Å². The molecule has 1 amide bonds. The minimum absolute atomic E-state index is 0.274. The van der Waals surface area contributed by atoms with Gasteiger partial charge in [-0.2, -0.15) is 0 Å². The van der Waals surface area contributed by atoms with E-state index in [-0.39, 0.29) is 5.91 Å². The van der Waals surface area contributed by atoms with Gasteiger partial charge in [0.25, 0.3) is 5.91 Å². The largest absolute Gasteiger partial charge is 0.493 e. The Balaban J connectivity index is 2.24. The maximum Gasteiger partial charge on any atom is 0.259 e. The van der Waals surface area contributed by atoms with Gasteiger partial charge >= 0.3 is 0 Å². The lowest BCUT2D eigenvalue weighted by Gasteiger charge is -2.13. The van der Waals surface area contributed by atoms with E-state index >= 15 is 0 Å². The summed E-state index contributed by atoms with van der Waals surface area (Å²) in [5, 5.41) is 3.96. The minimum Gasteiger partial charge on any atom is -0.493 e. The van der Waals surface area contributed by atoms with Crippen LogP contribution in [-0.4, -0.2) is 12.5 Å². The second kappa shape index (κ2) is 8.23. The summed E-state index contributed by atoms with van der Waals surface area (Å²) in [6, 6.07) is 10.4. The zero-order valence-electron chi connectivity index (χ0n) is 13.2. The van der Waals surface area contributed by atoms with Gasteiger partial charge < -0.3 is 10.1 Å². The molecule has 0 saturated heterocycles. The van der Waals surface area contributed by atoms with Crippen molar-refractivity contribution in [3.8, 4) is 5.75 Å². The molecule has 23 heavy (non-hydrogen) atoms. The lowest BCUT2D eigenvalue weighted by molar-refractivity contribution is 0.102. The number of halogens is 2. The van der Waals surface area contributed by atoms with Crippen LogP contribution in [0.25, 0.3) is 0 Å². The van der Waals surface area contributed by atoms with E-state index in [0.29, 0.717) is 33.7 Å². The molecule has 0 radical (unpaired) electrons. The molecule has 0 bridgehead atoms. The summed E-state index contributed by atoms with van der Waals surface area (Å²) >= 11 is 12.1. The smallest absolute Gasteiger partial charge is 0.259 e. The van der Waals surface area contributed by atoms with Crippen molar-refractivity contribution >= 4 is 34.8 Å². The predicted octanol–water partition coefficient (Wildman–Crippen LogP) is 5.73. The van der Waals surface area contributed by atoms with Gasteiger partial charge in [-0.15, -0.1) is 0 Å². The molecular formula is C18H19Cl2NO2. The molecule has 0 unspecified atom stereocenters. The van der Waals surface area contributed by atoms with Gasteiger partial charge in [0.05, 0.1) is 12.2 Å². The number of anilines is 1. The number of amides is 1. The molecule has 3 nitrogen and oxygen atoms in total. The Morgan fingerprint density at radius 1 is 1.22 bits per heavy atom. The van der Waals surface area contributed by atoms with Crippen LogP contribution in [0.1, 0.15) is 35.7 Å². The van der Waals surface area contributed by atoms with E-state index in [2.05, 4.69) is 12.2 Å². The first kappa shape index (κ1) is 17.6. The highest BCUT2D eigenvalue weighted by Gasteiger charge is 2.15. The number of carbonyl (C=O) groups is 1. The van der Waals surface area contributed by atoms with Crippen LogP contribution in [0.4, 0.5) is 5.69 Å². The molecule has 2 aromatic rings. The Labute approximate surface area is 146 Å². The highest BCUT2D eigenvalue weighted by atomic mass is 35.5. The molecule has 2 rings (SSSR count). The molecule has 0 spiro atoms. The topological polar surface area (TPSA) is 38.3 Å². The van der Waals surface area contributed by atoms with Crippen molar-refractivity contribution in [2.24, 2.45) is 0 Å². The van der Waals surface area contributed by atoms with Gasteiger partial charge in [-0.25, -0.2) is 0 Å². The number of benzene rings is 2. The van der Waals surface area contributed by atoms with Crippen molar-refractivity contribution in [2.45, 2.75) is 26.7 Å². The van der Waals surface area contributed by atoms with Crippen molar-refractivity contribution in [2.75, 3.05) is 11.9 Å². The molecule has 0 aliphatic rings. The molecular weight excluding hydrogens is 333 g/mol. The SMILES string of the molecule is CCCCOc1ccc(Cl)cc1C(=O)Nc1cccc(Cl)c1C. The van der Waals surface area contributed by atoms with Gasteiger partial charge in [0, 0.05) is 15.7 Å². The molecule has 0 aromatic heterocycles. The molecule has 2 aromatic carbocycles. The molecule has 0 atom stereocenters. The zero-order valence-corrected chi connectivity index (χ0v) is 14.7. The summed E-state index contributed by atoms with van der Waals surface area (Å²) in [5.41, 5.74) is 1.90. The first-order chi connectivity index (χ1) is 11.0. The molecule has 5 heteroatoms. The average Bonchev–Trinajstić information content (AvgIpc) is 2.53. The van der Waals surface area contributed by atoms with Crippen LogP contribution in [0.15, 0.2) is 36.4 Å². The fourth-order valence-corrected chi connectivity index (χ4v) is 2.41. The van der Waals surface area contributed by atoms with Crippen LogP contribution < -0.4 is 10.1 Å². The van der Waals surface area contributed by atoms with Crippen molar-refractivity contribution in [1.29, 1.82) is 0 Å². The van der Waals surface area contributed by atoms with Crippen molar-refractivity contribution in [3.63, 3.8) is 0 Å². The second-order valence-corrected chi connectivity index (χ2v) is 6.05. The van der Waals surface area contributed by atoms with Gasteiger partial charge in [-0.3, -0.25) is 4.79 Å². The van der Waals surface area contributed by atoms with Gasteiger partial charge in [-0.1, -0.05) is 42.6 Å². The fourth-order valence-electron chi connectivity index (χ4n) is 2.06. The molecule has 0 saturated carbocycles. The van der Waals surface area contributed by atoms with E-state index in [1.54, 1.807) is 36.4 Å². The highest BCUT2D eigenvalue weighted by molar-refractivity contribution is 6.32. The van der Waals surface area contributed by atoms with E-state index in [4.69, 9.17) is 27.9 Å². The van der Waals surface area contributed by atoms with Crippen LogP contribution >= 0.6 is 23.2 Å². The Morgan fingerprint density at radius 3 is 2.74 bits per heavy atom. The summed E-state index contributed by atoms with van der Waals surface area (Å²) in [4.78, 5) is 12.6. The fraction of sp³-hybridized carbons (Fsp3) is 0.278. The van der Waals surface area contributed by atoms with Crippen molar-refractivity contribution < 1.29 is 9.53 Å². The lowest BCUT2D eigenvalue weighted by Crippen LogP contribution is -2.15. The molecule has 122 valence electrons.